The van der Waals surface area contributed by atoms with Gasteiger partial charge in [-0.25, -0.2) is 4.98 Å². The first-order chi connectivity index (χ1) is 13.7. The molecule has 5 rings (SSSR count). The molecule has 1 aromatic rings. The highest BCUT2D eigenvalue weighted by Gasteiger charge is 2.49. The van der Waals surface area contributed by atoms with Gasteiger partial charge in [0, 0.05) is 37.3 Å². The molecule has 28 heavy (non-hydrogen) atoms. The first kappa shape index (κ1) is 18.4. The van der Waals surface area contributed by atoms with E-state index in [9.17, 15) is 4.79 Å². The lowest BCUT2D eigenvalue weighted by atomic mass is 9.69. The van der Waals surface area contributed by atoms with Crippen LogP contribution >= 0.6 is 0 Å². The second kappa shape index (κ2) is 7.68. The van der Waals surface area contributed by atoms with E-state index in [-0.39, 0.29) is 0 Å². The molecule has 4 heterocycles. The molecule has 4 atom stereocenters. The topological polar surface area (TPSA) is 36.4 Å². The van der Waals surface area contributed by atoms with E-state index in [1.807, 2.05) is 0 Å². The van der Waals surface area contributed by atoms with E-state index in [2.05, 4.69) is 34.9 Å². The number of nitrogens with zero attached hydrogens (tertiary/aromatic N) is 3. The summed E-state index contributed by atoms with van der Waals surface area (Å²) < 4.78 is 0. The van der Waals surface area contributed by atoms with Crippen molar-refractivity contribution in [3.63, 3.8) is 0 Å². The number of aryl methyl sites for hydroxylation is 1. The number of aromatic nitrogens is 1. The van der Waals surface area contributed by atoms with Crippen LogP contribution in [0.3, 0.4) is 0 Å². The van der Waals surface area contributed by atoms with Crippen LogP contribution in [-0.4, -0.2) is 41.0 Å². The van der Waals surface area contributed by atoms with Gasteiger partial charge in [0.05, 0.1) is 0 Å². The summed E-state index contributed by atoms with van der Waals surface area (Å²) in [4.78, 5) is 22.8. The first-order valence-corrected chi connectivity index (χ1v) is 11.7. The van der Waals surface area contributed by atoms with E-state index >= 15 is 0 Å². The third kappa shape index (κ3) is 3.44. The Morgan fingerprint density at radius 1 is 1.04 bits per heavy atom. The van der Waals surface area contributed by atoms with Gasteiger partial charge >= 0.3 is 0 Å². The molecular formula is C24H35N3O. The van der Waals surface area contributed by atoms with Crippen LogP contribution in [0.5, 0.6) is 0 Å². The molecule has 4 fully saturated rings. The van der Waals surface area contributed by atoms with E-state index < -0.39 is 0 Å². The highest BCUT2D eigenvalue weighted by molar-refractivity contribution is 5.78. The van der Waals surface area contributed by atoms with Gasteiger partial charge < -0.3 is 9.80 Å². The Labute approximate surface area is 169 Å². The summed E-state index contributed by atoms with van der Waals surface area (Å²) in [7, 11) is 0. The largest absolute Gasteiger partial charge is 0.356 e. The van der Waals surface area contributed by atoms with Crippen molar-refractivity contribution in [2.45, 2.75) is 83.2 Å². The molecule has 0 N–H and O–H groups in total. The molecule has 1 aromatic heterocycles. The van der Waals surface area contributed by atoms with Crippen molar-refractivity contribution in [2.75, 3.05) is 18.0 Å². The summed E-state index contributed by atoms with van der Waals surface area (Å²) in [5.74, 6) is 3.66. The van der Waals surface area contributed by atoms with Crippen molar-refractivity contribution in [2.24, 2.45) is 17.8 Å². The molecule has 1 aliphatic carbocycles. The summed E-state index contributed by atoms with van der Waals surface area (Å²) in [6.45, 7) is 4.22. The average Bonchev–Trinajstić information content (AvgIpc) is 2.72. The number of rotatable bonds is 3. The fraction of sp³-hybridized carbons (Fsp3) is 0.750. The number of piperidine rings is 3. The Kier molecular flexibility index (Phi) is 5.06. The smallest absolute Gasteiger partial charge is 0.223 e. The lowest BCUT2D eigenvalue weighted by Crippen LogP contribution is -2.65. The number of carbonyl (C=O) groups excluding carboxylic acids is 1. The third-order valence-electron chi connectivity index (χ3n) is 7.99. The second-order valence-electron chi connectivity index (χ2n) is 9.87. The van der Waals surface area contributed by atoms with Gasteiger partial charge in [0.15, 0.2) is 0 Å². The highest BCUT2D eigenvalue weighted by atomic mass is 16.2. The molecule has 0 aromatic carbocycles. The zero-order valence-electron chi connectivity index (χ0n) is 17.4. The maximum absolute atomic E-state index is 13.0. The number of fused-ring (bicyclic) bond motifs is 4. The molecule has 2 bridgehead atoms. The lowest BCUT2D eigenvalue weighted by molar-refractivity contribution is -0.149. The molecule has 3 saturated heterocycles. The molecule has 0 radical (unpaired) electrons. The average molecular weight is 382 g/mol. The summed E-state index contributed by atoms with van der Waals surface area (Å²) in [6.07, 6.45) is 12.6. The zero-order valence-corrected chi connectivity index (χ0v) is 17.4. The predicted octanol–water partition coefficient (Wildman–Crippen LogP) is 4.57. The molecule has 4 aliphatic rings. The van der Waals surface area contributed by atoms with Gasteiger partial charge in [-0.05, 0) is 62.5 Å². The van der Waals surface area contributed by atoms with Crippen LogP contribution in [-0.2, 0) is 4.79 Å². The van der Waals surface area contributed by atoms with Gasteiger partial charge in [0.2, 0.25) is 5.91 Å². The monoisotopic (exact) mass is 381 g/mol. The Balaban J connectivity index is 1.42. The molecule has 4 nitrogen and oxygen atoms in total. The van der Waals surface area contributed by atoms with Crippen molar-refractivity contribution in [3.8, 4) is 0 Å². The number of amides is 1. The van der Waals surface area contributed by atoms with E-state index in [0.29, 0.717) is 29.8 Å². The van der Waals surface area contributed by atoms with Crippen LogP contribution in [0.4, 0.5) is 5.82 Å². The predicted molar refractivity (Wildman–Crippen MR) is 112 cm³/mol. The number of hydrogen-bond donors (Lipinski definition) is 0. The van der Waals surface area contributed by atoms with Crippen molar-refractivity contribution < 1.29 is 4.79 Å². The van der Waals surface area contributed by atoms with E-state index in [1.165, 1.54) is 51.4 Å². The molecule has 0 unspecified atom stereocenters. The van der Waals surface area contributed by atoms with Crippen molar-refractivity contribution in [1.82, 2.24) is 9.88 Å². The maximum Gasteiger partial charge on any atom is 0.223 e. The minimum absolute atomic E-state index is 0.453. The van der Waals surface area contributed by atoms with Gasteiger partial charge in [-0.1, -0.05) is 38.2 Å². The van der Waals surface area contributed by atoms with Crippen LogP contribution in [0.15, 0.2) is 18.2 Å². The maximum atomic E-state index is 13.0. The minimum Gasteiger partial charge on any atom is -0.356 e. The molecule has 0 spiro atoms. The van der Waals surface area contributed by atoms with Crippen molar-refractivity contribution in [1.29, 1.82) is 0 Å². The standard InChI is InChI=1S/C24H35N3O/c1-17-7-5-11-23(25-17)26-15-19-14-20(16-26)22(13-18-8-3-2-4-9-18)27-21(19)10-6-12-24(27)28/h5,7,11,18-22H,2-4,6,8-10,12-16H2,1H3/t19-,20+,21+,22+/m1/s1. The molecule has 3 aliphatic heterocycles. The molecule has 1 saturated carbocycles. The van der Waals surface area contributed by atoms with Gasteiger partial charge in [-0.3, -0.25) is 4.79 Å². The van der Waals surface area contributed by atoms with Crippen LogP contribution in [0.2, 0.25) is 0 Å². The van der Waals surface area contributed by atoms with Crippen LogP contribution in [0.25, 0.3) is 0 Å². The number of anilines is 1. The molecule has 4 heteroatoms. The third-order valence-corrected chi connectivity index (χ3v) is 7.99. The Bertz CT molecular complexity index is 714. The Hall–Kier alpha value is -1.58. The van der Waals surface area contributed by atoms with Crippen molar-refractivity contribution >= 4 is 11.7 Å². The highest BCUT2D eigenvalue weighted by Crippen LogP contribution is 2.45. The van der Waals surface area contributed by atoms with Crippen molar-refractivity contribution in [3.05, 3.63) is 23.9 Å². The zero-order chi connectivity index (χ0) is 19.1. The summed E-state index contributed by atoms with van der Waals surface area (Å²) in [6, 6.07) is 7.33. The first-order valence-electron chi connectivity index (χ1n) is 11.7. The summed E-state index contributed by atoms with van der Waals surface area (Å²) >= 11 is 0. The molecular weight excluding hydrogens is 346 g/mol. The Morgan fingerprint density at radius 2 is 1.86 bits per heavy atom. The molecule has 1 amide bonds. The van der Waals surface area contributed by atoms with Crippen LogP contribution < -0.4 is 4.90 Å². The van der Waals surface area contributed by atoms with Gasteiger partial charge in [0.1, 0.15) is 5.82 Å². The van der Waals surface area contributed by atoms with Gasteiger partial charge in [0.25, 0.3) is 0 Å². The minimum atomic E-state index is 0.453. The fourth-order valence-corrected chi connectivity index (χ4v) is 6.73. The summed E-state index contributed by atoms with van der Waals surface area (Å²) in [5, 5.41) is 0. The number of carbonyl (C=O) groups is 1. The molecule has 152 valence electrons. The van der Waals surface area contributed by atoms with Gasteiger partial charge in [-0.15, -0.1) is 0 Å². The lowest BCUT2D eigenvalue weighted by Gasteiger charge is -2.57. The second-order valence-corrected chi connectivity index (χ2v) is 9.87. The van der Waals surface area contributed by atoms with Crippen LogP contribution in [0.1, 0.15) is 69.9 Å². The Morgan fingerprint density at radius 3 is 2.68 bits per heavy atom. The SMILES string of the molecule is Cc1cccc(N2C[C@H]3C[C@@H](C2)[C@H](CC2CCCCC2)N2C(=O)CCC[C@@H]32)n1. The number of pyridine rings is 1. The van der Waals surface area contributed by atoms with E-state index in [4.69, 9.17) is 4.98 Å². The van der Waals surface area contributed by atoms with E-state index in [0.717, 1.165) is 43.4 Å². The van der Waals surface area contributed by atoms with Crippen LogP contribution in [0, 0.1) is 24.7 Å². The number of hydrogen-bond acceptors (Lipinski definition) is 3. The quantitative estimate of drug-likeness (QED) is 0.770. The normalized spacial score (nSPS) is 33.7. The fourth-order valence-electron chi connectivity index (χ4n) is 6.73. The van der Waals surface area contributed by atoms with Gasteiger partial charge in [-0.2, -0.15) is 0 Å². The van der Waals surface area contributed by atoms with E-state index in [1.54, 1.807) is 0 Å². The summed E-state index contributed by atoms with van der Waals surface area (Å²) in [5.41, 5.74) is 1.10.